The molecule has 20 heteroatoms. The summed E-state index contributed by atoms with van der Waals surface area (Å²) in [5.74, 6) is 0.518. The zero-order chi connectivity index (χ0) is 56.2. The number of fused-ring (bicyclic) bond motifs is 10. The van der Waals surface area contributed by atoms with Crippen molar-refractivity contribution in [3.63, 3.8) is 0 Å². The number of anilines is 1. The Kier molecular flexibility index (Phi) is 12.8. The van der Waals surface area contributed by atoms with E-state index in [4.69, 9.17) is 29.3 Å². The molecule has 15 rings (SSSR count). The van der Waals surface area contributed by atoms with Crippen molar-refractivity contribution in [1.82, 2.24) is 60.2 Å². The van der Waals surface area contributed by atoms with Gasteiger partial charge in [0.2, 0.25) is 11.8 Å². The molecule has 9 aromatic rings. The number of H-pyrrole nitrogens is 2. The Bertz CT molecular complexity index is 4140. The molecule has 4 saturated heterocycles. The Labute approximate surface area is 477 Å². The molecular formula is C63H66FN13O6. The Morgan fingerprint density at radius 2 is 1.77 bits per heavy atom. The quantitative estimate of drug-likeness (QED) is 0.0803. The molecule has 0 radical (unpaired) electrons. The number of hydrogen-bond acceptors (Lipinski definition) is 13. The summed E-state index contributed by atoms with van der Waals surface area (Å²) in [6.45, 7) is 10.3. The van der Waals surface area contributed by atoms with Crippen LogP contribution in [0.15, 0.2) is 78.0 Å². The number of benzene rings is 4. The lowest BCUT2D eigenvalue weighted by Gasteiger charge is -2.31. The normalized spacial score (nSPS) is 20.2. The van der Waals surface area contributed by atoms with Gasteiger partial charge in [0, 0.05) is 114 Å². The van der Waals surface area contributed by atoms with Crippen molar-refractivity contribution >= 4 is 61.2 Å². The van der Waals surface area contributed by atoms with E-state index in [0.29, 0.717) is 96.8 Å². The Morgan fingerprint density at radius 3 is 2.59 bits per heavy atom. The fourth-order valence-corrected chi connectivity index (χ4v) is 14.0. The summed E-state index contributed by atoms with van der Waals surface area (Å²) in [5.41, 5.74) is 9.79. The molecule has 10 heterocycles. The second-order valence-electron chi connectivity index (χ2n) is 24.1. The van der Waals surface area contributed by atoms with Gasteiger partial charge in [-0.3, -0.25) is 28.8 Å². The number of likely N-dealkylation sites (tertiary alicyclic amines) is 1. The molecule has 426 valence electrons. The maximum atomic E-state index is 16.2. The van der Waals surface area contributed by atoms with E-state index in [1.165, 1.54) is 17.2 Å². The standard InChI is InChI=1S/C63H66FN13O6/c1-33(2)57(62(80)74-18-5-7-52(74)60(78)66-27-35-8-12-42-38(22-35)6-4-19-76-51(42)14-17-68-76)77-31-47-43-13-9-36(23-49(43)69-61(79)56(47)73-77)32-82-58-54(53-34(3)48(64)26-50-46(53)29-67-72-50)44(37-10-11-37)25-45-55(58)70-63(83-41-15-20-81-21-16-41)71-59(45)75-30-39-24-40(75)28-65-39/h8-9,12-14,17,22-23,25-26,29,31,33,37,39-41,52,57,65H,4-7,10-11,15-16,18-21,24,27-28,30,32H2,1-3H3,(H,66,78)(H,67,72)(H,69,79). The van der Waals surface area contributed by atoms with Crippen LogP contribution in [0.4, 0.5) is 10.2 Å². The number of aromatic nitrogens is 9. The molecule has 19 nitrogen and oxygen atoms in total. The number of aromatic amines is 2. The van der Waals surface area contributed by atoms with E-state index in [1.807, 2.05) is 49.0 Å². The van der Waals surface area contributed by atoms with Crippen LogP contribution in [0, 0.1) is 18.7 Å². The third-order valence-corrected chi connectivity index (χ3v) is 18.3. The highest BCUT2D eigenvalue weighted by Gasteiger charge is 2.42. The van der Waals surface area contributed by atoms with E-state index < -0.39 is 17.6 Å². The molecule has 1 aliphatic carbocycles. The average molecular weight is 1120 g/mol. The molecule has 4 atom stereocenters. The molecule has 2 bridgehead atoms. The van der Waals surface area contributed by atoms with Gasteiger partial charge in [0.15, 0.2) is 11.3 Å². The molecule has 5 fully saturated rings. The minimum atomic E-state index is -0.777. The second-order valence-corrected chi connectivity index (χ2v) is 24.1. The molecule has 83 heavy (non-hydrogen) atoms. The summed E-state index contributed by atoms with van der Waals surface area (Å²) in [5, 5.41) is 26.5. The topological polar surface area (TPSA) is 215 Å². The lowest BCUT2D eigenvalue weighted by molar-refractivity contribution is -0.142. The molecule has 5 aromatic heterocycles. The van der Waals surface area contributed by atoms with Gasteiger partial charge in [-0.05, 0) is 116 Å². The molecule has 6 aliphatic rings. The van der Waals surface area contributed by atoms with Gasteiger partial charge >= 0.3 is 6.01 Å². The van der Waals surface area contributed by atoms with Crippen LogP contribution in [0.2, 0.25) is 0 Å². The van der Waals surface area contributed by atoms with Crippen LogP contribution in [0.1, 0.15) is 105 Å². The van der Waals surface area contributed by atoms with Gasteiger partial charge in [-0.2, -0.15) is 25.3 Å². The van der Waals surface area contributed by atoms with Gasteiger partial charge in [-0.15, -0.1) is 0 Å². The number of aryl methyl sites for hydroxylation is 2. The number of nitrogens with one attached hydrogen (secondary N) is 4. The Hall–Kier alpha value is -8.23. The maximum absolute atomic E-state index is 16.2. The van der Waals surface area contributed by atoms with E-state index in [9.17, 15) is 14.4 Å². The average Bonchev–Trinajstić information content (AvgIpc) is 3.21. The van der Waals surface area contributed by atoms with Crippen LogP contribution in [-0.2, 0) is 40.4 Å². The smallest absolute Gasteiger partial charge is 0.319 e. The maximum Gasteiger partial charge on any atom is 0.319 e. The van der Waals surface area contributed by atoms with Crippen molar-refractivity contribution in [1.29, 1.82) is 0 Å². The summed E-state index contributed by atoms with van der Waals surface area (Å²) in [6.07, 6.45) is 12.8. The van der Waals surface area contributed by atoms with Crippen molar-refractivity contribution in [2.24, 2.45) is 5.92 Å². The Morgan fingerprint density at radius 1 is 0.904 bits per heavy atom. The molecule has 2 amide bonds. The molecule has 4 N–H and O–H groups in total. The molecular weight excluding hydrogens is 1050 g/mol. The largest absolute Gasteiger partial charge is 0.486 e. The van der Waals surface area contributed by atoms with Crippen LogP contribution in [0.5, 0.6) is 11.8 Å². The third kappa shape index (κ3) is 9.15. The summed E-state index contributed by atoms with van der Waals surface area (Å²) in [4.78, 5) is 60.6. The molecule has 1 saturated carbocycles. The number of carbonyl (C=O) groups excluding carboxylic acids is 2. The number of hydrogen-bond donors (Lipinski definition) is 4. The number of amides is 2. The predicted molar refractivity (Wildman–Crippen MR) is 312 cm³/mol. The van der Waals surface area contributed by atoms with E-state index in [0.717, 1.165) is 102 Å². The van der Waals surface area contributed by atoms with Gasteiger partial charge in [0.05, 0.1) is 30.6 Å². The lowest BCUT2D eigenvalue weighted by Crippen LogP contribution is -2.48. The fraction of sp³-hybridized carbons (Fsp3) is 0.429. The van der Waals surface area contributed by atoms with E-state index >= 15 is 4.39 Å². The first kappa shape index (κ1) is 51.6. The van der Waals surface area contributed by atoms with Crippen molar-refractivity contribution in [3.05, 3.63) is 117 Å². The zero-order valence-electron chi connectivity index (χ0n) is 46.8. The minimum absolute atomic E-state index is 0.0666. The van der Waals surface area contributed by atoms with Gasteiger partial charge in [0.1, 0.15) is 41.9 Å². The first-order chi connectivity index (χ1) is 40.5. The number of halogens is 1. The predicted octanol–water partition coefficient (Wildman–Crippen LogP) is 8.69. The zero-order valence-corrected chi connectivity index (χ0v) is 46.8. The van der Waals surface area contributed by atoms with Gasteiger partial charge in [-0.25, -0.2) is 4.39 Å². The summed E-state index contributed by atoms with van der Waals surface area (Å²) < 4.78 is 39.5. The van der Waals surface area contributed by atoms with E-state index in [1.54, 1.807) is 28.9 Å². The first-order valence-electron chi connectivity index (χ1n) is 29.6. The van der Waals surface area contributed by atoms with Gasteiger partial charge < -0.3 is 39.6 Å². The van der Waals surface area contributed by atoms with Crippen LogP contribution in [0.25, 0.3) is 66.0 Å². The first-order valence-corrected chi connectivity index (χ1v) is 29.6. The highest BCUT2D eigenvalue weighted by molar-refractivity contribution is 6.07. The monoisotopic (exact) mass is 1120 g/mol. The summed E-state index contributed by atoms with van der Waals surface area (Å²) in [6, 6.07) is 17.4. The number of ether oxygens (including phenoxy) is 3. The fourth-order valence-electron chi connectivity index (χ4n) is 14.0. The second kappa shape index (κ2) is 20.6. The SMILES string of the molecule is Cc1c(F)cc2[nH]ncc2c1-c1c(C2CC2)cc2c(N3CC4CC3CN4)nc(OC3CCOCC3)nc2c1OCc1ccc2c(c1)[nH]c(=O)c1nn(C(C(=O)N3CCCC3C(=O)NCc3ccc4c(c3)CCCn3nccc3-4)C(C)C)cc12. The van der Waals surface area contributed by atoms with Crippen LogP contribution >= 0.6 is 0 Å². The van der Waals surface area contributed by atoms with Crippen molar-refractivity contribution < 1.29 is 28.2 Å². The van der Waals surface area contributed by atoms with Gasteiger partial charge in [-0.1, -0.05) is 44.2 Å². The molecule has 0 spiro atoms. The van der Waals surface area contributed by atoms with Crippen molar-refractivity contribution in [2.75, 3.05) is 37.7 Å². The number of carbonyl (C=O) groups is 2. The Balaban J connectivity index is 0.752. The minimum Gasteiger partial charge on any atom is -0.486 e. The molecule has 4 unspecified atom stereocenters. The molecule has 5 aliphatic heterocycles. The number of pyridine rings is 1. The highest BCUT2D eigenvalue weighted by Crippen LogP contribution is 2.54. The third-order valence-electron chi connectivity index (χ3n) is 18.3. The summed E-state index contributed by atoms with van der Waals surface area (Å²) in [7, 11) is 0. The van der Waals surface area contributed by atoms with E-state index in [2.05, 4.69) is 60.1 Å². The van der Waals surface area contributed by atoms with Crippen LogP contribution < -0.4 is 30.6 Å². The number of nitrogens with zero attached hydrogens (tertiary/aromatic N) is 9. The number of piperazine rings is 1. The van der Waals surface area contributed by atoms with Crippen molar-refractivity contribution in [2.45, 2.75) is 134 Å². The highest BCUT2D eigenvalue weighted by atomic mass is 19.1. The number of rotatable bonds is 14. The molecule has 4 aromatic carbocycles. The van der Waals surface area contributed by atoms with E-state index in [-0.39, 0.29) is 59.7 Å². The summed E-state index contributed by atoms with van der Waals surface area (Å²) >= 11 is 0. The van der Waals surface area contributed by atoms with Crippen LogP contribution in [-0.4, -0.2) is 119 Å². The van der Waals surface area contributed by atoms with Gasteiger partial charge in [0.25, 0.3) is 5.56 Å². The van der Waals surface area contributed by atoms with Crippen molar-refractivity contribution in [3.8, 4) is 34.1 Å². The van der Waals surface area contributed by atoms with Crippen LogP contribution in [0.3, 0.4) is 0 Å². The lowest BCUT2D eigenvalue weighted by atomic mass is 9.88.